The summed E-state index contributed by atoms with van der Waals surface area (Å²) in [6.07, 6.45) is 0. The molecule has 0 radical (unpaired) electrons. The molecule has 0 unspecified atom stereocenters. The summed E-state index contributed by atoms with van der Waals surface area (Å²) in [6.45, 7) is 40.6. The van der Waals surface area contributed by atoms with E-state index in [0.717, 1.165) is 0 Å². The number of rotatable bonds is 2. The average molecular weight is 477 g/mol. The first-order valence-corrected chi connectivity index (χ1v) is 13.7. The molecule has 2 rings (SSSR count). The van der Waals surface area contributed by atoms with Gasteiger partial charge in [0.25, 0.3) is 0 Å². The Hall–Kier alpha value is -1.56. The summed E-state index contributed by atoms with van der Waals surface area (Å²) < 4.78 is 0. The van der Waals surface area contributed by atoms with Crippen LogP contribution >= 0.6 is 0 Å². The van der Waals surface area contributed by atoms with Crippen LogP contribution in [0.25, 0.3) is 0 Å². The van der Waals surface area contributed by atoms with Gasteiger partial charge in [-0.15, -0.1) is 0 Å². The van der Waals surface area contributed by atoms with Crippen molar-refractivity contribution in [2.45, 2.75) is 150 Å². The molecular weight excluding hydrogens is 420 g/mol. The van der Waals surface area contributed by atoms with Gasteiger partial charge in [-0.25, -0.2) is 0 Å². The molecule has 0 aliphatic rings. The second-order valence-corrected chi connectivity index (χ2v) is 16.5. The first-order valence-electron chi connectivity index (χ1n) is 13.7. The Morgan fingerprint density at radius 2 is 0.600 bits per heavy atom. The molecule has 35 heavy (non-hydrogen) atoms. The maximum Gasteiger partial charge on any atom is 0.0155 e. The lowest BCUT2D eigenvalue weighted by atomic mass is 9.60. The van der Waals surface area contributed by atoms with Crippen molar-refractivity contribution >= 4 is 0 Å². The van der Waals surface area contributed by atoms with Crippen LogP contribution < -0.4 is 0 Å². The predicted molar refractivity (Wildman–Crippen MR) is 159 cm³/mol. The Balaban J connectivity index is 3.20. The van der Waals surface area contributed by atoms with Crippen molar-refractivity contribution in [2.24, 2.45) is 0 Å². The van der Waals surface area contributed by atoms with E-state index in [1.807, 2.05) is 0 Å². The molecule has 0 saturated carbocycles. The highest BCUT2D eigenvalue weighted by atomic mass is 14.4. The van der Waals surface area contributed by atoms with Crippen molar-refractivity contribution in [1.29, 1.82) is 0 Å². The molecule has 0 aromatic heterocycles. The third kappa shape index (κ3) is 5.89. The molecule has 0 N–H and O–H groups in total. The molecule has 2 aromatic carbocycles. The Morgan fingerprint density at radius 1 is 0.314 bits per heavy atom. The van der Waals surface area contributed by atoms with E-state index in [-0.39, 0.29) is 32.5 Å². The summed E-state index contributed by atoms with van der Waals surface area (Å²) in [5.41, 5.74) is 10.6. The van der Waals surface area contributed by atoms with Gasteiger partial charge in [-0.1, -0.05) is 148 Å². The first-order chi connectivity index (χ1) is 15.3. The molecule has 2 aromatic rings. The van der Waals surface area contributed by atoms with E-state index >= 15 is 0 Å². The van der Waals surface area contributed by atoms with Crippen LogP contribution in [0, 0.1) is 0 Å². The Kier molecular flexibility index (Phi) is 7.44. The van der Waals surface area contributed by atoms with E-state index in [4.69, 9.17) is 0 Å². The molecule has 0 heteroatoms. The molecule has 0 aliphatic carbocycles. The highest BCUT2D eigenvalue weighted by Gasteiger charge is 2.41. The zero-order valence-electron chi connectivity index (χ0n) is 26.4. The number of benzene rings is 2. The van der Waals surface area contributed by atoms with Gasteiger partial charge < -0.3 is 0 Å². The van der Waals surface area contributed by atoms with Gasteiger partial charge in [0.15, 0.2) is 0 Å². The van der Waals surface area contributed by atoms with Gasteiger partial charge in [-0.05, 0) is 66.0 Å². The third-order valence-electron chi connectivity index (χ3n) is 7.49. The average Bonchev–Trinajstić information content (AvgIpc) is 2.62. The fourth-order valence-corrected chi connectivity index (χ4v) is 5.92. The summed E-state index contributed by atoms with van der Waals surface area (Å²) >= 11 is 0. The van der Waals surface area contributed by atoms with Crippen LogP contribution in [0.15, 0.2) is 30.3 Å². The van der Waals surface area contributed by atoms with Crippen LogP contribution in [-0.4, -0.2) is 0 Å². The highest BCUT2D eigenvalue weighted by molar-refractivity contribution is 5.59. The number of hydrogen-bond donors (Lipinski definition) is 0. The predicted octanol–water partition coefficient (Wildman–Crippen LogP) is 10.5. The zero-order valence-corrected chi connectivity index (χ0v) is 26.4. The molecule has 0 nitrogen and oxygen atoms in total. The Morgan fingerprint density at radius 3 is 0.914 bits per heavy atom. The molecule has 0 aliphatic heterocycles. The van der Waals surface area contributed by atoms with Crippen LogP contribution in [0.4, 0.5) is 0 Å². The lowest BCUT2D eigenvalue weighted by molar-refractivity contribution is 0.474. The summed E-state index contributed by atoms with van der Waals surface area (Å²) in [7, 11) is 0. The molecule has 196 valence electrons. The summed E-state index contributed by atoms with van der Waals surface area (Å²) in [4.78, 5) is 0. The summed E-state index contributed by atoms with van der Waals surface area (Å²) in [5.74, 6) is 0. The van der Waals surface area contributed by atoms with Gasteiger partial charge in [0.05, 0.1) is 0 Å². The normalized spacial score (nSPS) is 14.4. The molecule has 0 heterocycles. The second kappa shape index (κ2) is 8.78. The van der Waals surface area contributed by atoms with E-state index in [0.29, 0.717) is 0 Å². The molecule has 0 amide bonds. The van der Waals surface area contributed by atoms with Gasteiger partial charge in [0, 0.05) is 5.41 Å². The molecule has 0 atom stereocenters. The molecule has 0 bridgehead atoms. The molecule has 0 fully saturated rings. The second-order valence-electron chi connectivity index (χ2n) is 16.5. The minimum Gasteiger partial charge on any atom is -0.0617 e. The van der Waals surface area contributed by atoms with Crippen molar-refractivity contribution < 1.29 is 0 Å². The van der Waals surface area contributed by atoms with Gasteiger partial charge >= 0.3 is 0 Å². The quantitative estimate of drug-likeness (QED) is 0.404. The minimum atomic E-state index is -0.147. The van der Waals surface area contributed by atoms with Gasteiger partial charge in [-0.3, -0.25) is 0 Å². The van der Waals surface area contributed by atoms with Gasteiger partial charge in [0.1, 0.15) is 0 Å². The van der Waals surface area contributed by atoms with E-state index in [2.05, 4.69) is 148 Å². The van der Waals surface area contributed by atoms with E-state index in [1.165, 1.54) is 38.9 Å². The Labute approximate surface area is 219 Å². The van der Waals surface area contributed by atoms with Crippen molar-refractivity contribution in [3.63, 3.8) is 0 Å². The smallest absolute Gasteiger partial charge is 0.0155 e. The maximum absolute atomic E-state index is 2.47. The molecular formula is C35H56. The minimum absolute atomic E-state index is 0.0229. The van der Waals surface area contributed by atoms with Crippen LogP contribution in [0.2, 0.25) is 0 Å². The lowest BCUT2D eigenvalue weighted by Crippen LogP contribution is -2.36. The highest BCUT2D eigenvalue weighted by Crippen LogP contribution is 2.50. The van der Waals surface area contributed by atoms with E-state index in [9.17, 15) is 0 Å². The molecule has 0 saturated heterocycles. The first kappa shape index (κ1) is 29.7. The summed E-state index contributed by atoms with van der Waals surface area (Å²) in [5, 5.41) is 0. The zero-order chi connectivity index (χ0) is 27.6. The fraction of sp³-hybridized carbons (Fsp3) is 0.657. The number of hydrogen-bond acceptors (Lipinski definition) is 0. The SMILES string of the molecule is CC(C)(C)c1ccc(C(C)(C)c2c(C(C)(C)C)cccc2C(C)(C)C)c(C(C)(C)C)c1C(C)(C)C. The van der Waals surface area contributed by atoms with E-state index < -0.39 is 0 Å². The maximum atomic E-state index is 2.47. The van der Waals surface area contributed by atoms with Crippen LogP contribution in [0.1, 0.15) is 157 Å². The van der Waals surface area contributed by atoms with Crippen LogP contribution in [0.3, 0.4) is 0 Å². The lowest BCUT2D eigenvalue weighted by Gasteiger charge is -2.44. The summed E-state index contributed by atoms with van der Waals surface area (Å²) in [6, 6.07) is 11.9. The van der Waals surface area contributed by atoms with Gasteiger partial charge in [-0.2, -0.15) is 0 Å². The monoisotopic (exact) mass is 476 g/mol. The fourth-order valence-electron chi connectivity index (χ4n) is 5.92. The van der Waals surface area contributed by atoms with Crippen molar-refractivity contribution in [2.75, 3.05) is 0 Å². The van der Waals surface area contributed by atoms with Crippen molar-refractivity contribution in [1.82, 2.24) is 0 Å². The van der Waals surface area contributed by atoms with Crippen LogP contribution in [0.5, 0.6) is 0 Å². The van der Waals surface area contributed by atoms with Crippen LogP contribution in [-0.2, 0) is 32.5 Å². The van der Waals surface area contributed by atoms with E-state index in [1.54, 1.807) is 0 Å². The third-order valence-corrected chi connectivity index (χ3v) is 7.49. The van der Waals surface area contributed by atoms with Crippen molar-refractivity contribution in [3.8, 4) is 0 Å². The Bertz CT molecular complexity index is 1020. The van der Waals surface area contributed by atoms with Crippen molar-refractivity contribution in [3.05, 3.63) is 69.3 Å². The largest absolute Gasteiger partial charge is 0.0617 e. The van der Waals surface area contributed by atoms with Gasteiger partial charge in [0.2, 0.25) is 0 Å². The topological polar surface area (TPSA) is 0 Å². The standard InChI is InChI=1S/C35H56/c1-30(2,3)23-19-18-20-24(31(4,5)6)27(23)35(16,17)26-22-21-25(32(7,8)9)28(33(10,11)12)29(26)34(13,14)15/h18-22H,1-17H3. The molecule has 0 spiro atoms.